The van der Waals surface area contributed by atoms with Crippen molar-refractivity contribution >= 4 is 23.6 Å². The molecule has 0 saturated heterocycles. The lowest BCUT2D eigenvalue weighted by molar-refractivity contribution is -0.132. The van der Waals surface area contributed by atoms with Crippen LogP contribution in [0.15, 0.2) is 35.5 Å². The van der Waals surface area contributed by atoms with Gasteiger partial charge in [0.2, 0.25) is 11.8 Å². The third kappa shape index (κ3) is 4.63. The Kier molecular flexibility index (Phi) is 5.92. The molecule has 0 unspecified atom stereocenters. The van der Waals surface area contributed by atoms with Crippen LogP contribution in [0.25, 0.3) is 0 Å². The zero-order valence-electron chi connectivity index (χ0n) is 15.0. The van der Waals surface area contributed by atoms with E-state index < -0.39 is 0 Å². The van der Waals surface area contributed by atoms with Gasteiger partial charge in [0.05, 0.1) is 18.8 Å². The quantitative estimate of drug-likeness (QED) is 0.710. The van der Waals surface area contributed by atoms with Crippen molar-refractivity contribution in [1.82, 2.24) is 25.0 Å². The van der Waals surface area contributed by atoms with Crippen molar-refractivity contribution in [3.8, 4) is 0 Å². The third-order valence-electron chi connectivity index (χ3n) is 4.28. The highest BCUT2D eigenvalue weighted by molar-refractivity contribution is 7.99. The number of amides is 2. The lowest BCUT2D eigenvalue weighted by atomic mass is 10.2. The van der Waals surface area contributed by atoms with E-state index in [1.807, 2.05) is 18.2 Å². The second kappa shape index (κ2) is 8.35. The largest absolute Gasteiger partial charge is 0.358 e. The van der Waals surface area contributed by atoms with E-state index in [0.29, 0.717) is 12.5 Å². The maximum Gasteiger partial charge on any atom is 0.239 e. The Morgan fingerprint density at radius 1 is 1.27 bits per heavy atom. The zero-order valence-corrected chi connectivity index (χ0v) is 15.8. The number of hydrogen-bond acceptors (Lipinski definition) is 5. The summed E-state index contributed by atoms with van der Waals surface area (Å²) in [5, 5.41) is 11.9. The second-order valence-electron chi connectivity index (χ2n) is 6.40. The van der Waals surface area contributed by atoms with Crippen molar-refractivity contribution in [2.24, 2.45) is 0 Å². The first-order valence-corrected chi connectivity index (χ1v) is 9.61. The van der Waals surface area contributed by atoms with Crippen LogP contribution in [0.1, 0.15) is 30.1 Å². The van der Waals surface area contributed by atoms with Crippen LogP contribution in [-0.2, 0) is 16.1 Å². The Bertz CT molecular complexity index is 773. The van der Waals surface area contributed by atoms with Crippen LogP contribution in [-0.4, -0.2) is 57.9 Å². The highest BCUT2D eigenvalue weighted by Gasteiger charge is 2.30. The number of nitrogens with zero attached hydrogens (tertiary/aromatic N) is 4. The monoisotopic (exact) mass is 373 g/mol. The Balaban J connectivity index is 1.68. The van der Waals surface area contributed by atoms with Gasteiger partial charge in [-0.05, 0) is 18.4 Å². The van der Waals surface area contributed by atoms with Crippen LogP contribution in [0.5, 0.6) is 0 Å². The minimum Gasteiger partial charge on any atom is -0.358 e. The minimum atomic E-state index is -0.186. The summed E-state index contributed by atoms with van der Waals surface area (Å²) in [7, 11) is 3.18. The number of hydrogen-bond donors (Lipinski definition) is 1. The Hall–Kier alpha value is -2.35. The van der Waals surface area contributed by atoms with Gasteiger partial charge in [0.1, 0.15) is 5.82 Å². The van der Waals surface area contributed by atoms with E-state index >= 15 is 0 Å². The molecule has 8 heteroatoms. The first-order valence-electron chi connectivity index (χ1n) is 8.63. The Labute approximate surface area is 157 Å². The van der Waals surface area contributed by atoms with E-state index in [1.54, 1.807) is 14.1 Å². The van der Waals surface area contributed by atoms with Crippen LogP contribution < -0.4 is 5.32 Å². The molecule has 1 saturated carbocycles. The van der Waals surface area contributed by atoms with Crippen molar-refractivity contribution in [1.29, 1.82) is 0 Å². The predicted molar refractivity (Wildman–Crippen MR) is 100.0 cm³/mol. The molecule has 1 aliphatic rings. The van der Waals surface area contributed by atoms with Gasteiger partial charge >= 0.3 is 0 Å². The van der Waals surface area contributed by atoms with Gasteiger partial charge in [0.15, 0.2) is 5.16 Å². The number of aromatic nitrogens is 3. The average Bonchev–Trinajstić information content (AvgIpc) is 3.42. The van der Waals surface area contributed by atoms with Crippen molar-refractivity contribution < 1.29 is 9.59 Å². The van der Waals surface area contributed by atoms with Crippen molar-refractivity contribution in [3.63, 3.8) is 0 Å². The molecule has 0 spiro atoms. The predicted octanol–water partition coefficient (Wildman–Crippen LogP) is 1.50. The summed E-state index contributed by atoms with van der Waals surface area (Å²) >= 11 is 1.37. The molecule has 1 fully saturated rings. The number of carbonyl (C=O) groups is 2. The van der Waals surface area contributed by atoms with Crippen molar-refractivity contribution in [2.45, 2.75) is 30.5 Å². The molecule has 1 heterocycles. The van der Waals surface area contributed by atoms with Gasteiger partial charge in [0, 0.05) is 20.0 Å². The summed E-state index contributed by atoms with van der Waals surface area (Å²) in [4.78, 5) is 25.1. The van der Waals surface area contributed by atoms with E-state index in [1.165, 1.54) is 22.2 Å². The first kappa shape index (κ1) is 18.4. The summed E-state index contributed by atoms with van der Waals surface area (Å²) in [6, 6.07) is 10.2. The molecule has 0 atom stereocenters. The maximum absolute atomic E-state index is 12.3. The fraction of sp³-hybridized carbons (Fsp3) is 0.444. The van der Waals surface area contributed by atoms with Crippen molar-refractivity contribution in [2.75, 3.05) is 26.4 Å². The van der Waals surface area contributed by atoms with Gasteiger partial charge in [-0.25, -0.2) is 0 Å². The number of carbonyl (C=O) groups excluding carboxylic acids is 2. The van der Waals surface area contributed by atoms with Gasteiger partial charge in [-0.2, -0.15) is 0 Å². The Morgan fingerprint density at radius 2 is 2.00 bits per heavy atom. The van der Waals surface area contributed by atoms with Crippen LogP contribution in [0.4, 0.5) is 0 Å². The summed E-state index contributed by atoms with van der Waals surface area (Å²) in [6.45, 7) is 0.754. The lowest BCUT2D eigenvalue weighted by Crippen LogP contribution is -2.37. The molecule has 7 nitrogen and oxygen atoms in total. The van der Waals surface area contributed by atoms with Crippen LogP contribution >= 0.6 is 11.8 Å². The zero-order chi connectivity index (χ0) is 18.5. The SMILES string of the molecule is CNC(=O)CN(C)C(=O)CSc1nnc(C2CC2)n1Cc1ccccc1. The van der Waals surface area contributed by atoms with Crippen molar-refractivity contribution in [3.05, 3.63) is 41.7 Å². The summed E-state index contributed by atoms with van der Waals surface area (Å²) in [6.07, 6.45) is 2.29. The first-order chi connectivity index (χ1) is 12.6. The van der Waals surface area contributed by atoms with Crippen LogP contribution in [0.2, 0.25) is 0 Å². The van der Waals surface area contributed by atoms with E-state index in [0.717, 1.165) is 23.8 Å². The molecular formula is C18H23N5O2S. The average molecular weight is 373 g/mol. The molecule has 0 aliphatic heterocycles. The minimum absolute atomic E-state index is 0.0555. The van der Waals surface area contributed by atoms with Gasteiger partial charge in [-0.15, -0.1) is 10.2 Å². The molecule has 0 bridgehead atoms. The van der Waals surface area contributed by atoms with Gasteiger partial charge in [0.25, 0.3) is 0 Å². The molecule has 1 aliphatic carbocycles. The smallest absolute Gasteiger partial charge is 0.239 e. The number of thioether (sulfide) groups is 1. The topological polar surface area (TPSA) is 80.1 Å². The molecular weight excluding hydrogens is 350 g/mol. The number of benzene rings is 1. The number of likely N-dealkylation sites (N-methyl/N-ethyl adjacent to an activating group) is 2. The summed E-state index contributed by atoms with van der Waals surface area (Å²) in [5.41, 5.74) is 1.18. The number of nitrogens with one attached hydrogen (secondary N) is 1. The fourth-order valence-corrected chi connectivity index (χ4v) is 3.47. The Morgan fingerprint density at radius 3 is 2.65 bits per heavy atom. The van der Waals surface area contributed by atoms with E-state index in [4.69, 9.17) is 0 Å². The van der Waals surface area contributed by atoms with Gasteiger partial charge < -0.3 is 14.8 Å². The normalized spacial score (nSPS) is 13.5. The molecule has 26 heavy (non-hydrogen) atoms. The molecule has 1 aromatic heterocycles. The second-order valence-corrected chi connectivity index (χ2v) is 7.34. The molecule has 138 valence electrons. The summed E-state index contributed by atoms with van der Waals surface area (Å²) < 4.78 is 2.11. The van der Waals surface area contributed by atoms with Gasteiger partial charge in [-0.1, -0.05) is 42.1 Å². The maximum atomic E-state index is 12.3. The van der Waals surface area contributed by atoms with Crippen LogP contribution in [0, 0.1) is 0 Å². The standard InChI is InChI=1S/C18H23N5O2S/c1-19-15(24)11-22(2)16(25)12-26-18-21-20-17(14-8-9-14)23(18)10-13-6-4-3-5-7-13/h3-7,14H,8-12H2,1-2H3,(H,19,24). The van der Waals surface area contributed by atoms with E-state index in [-0.39, 0.29) is 24.1 Å². The summed E-state index contributed by atoms with van der Waals surface area (Å²) in [5.74, 6) is 1.41. The van der Waals surface area contributed by atoms with E-state index in [2.05, 4.69) is 32.2 Å². The molecule has 3 rings (SSSR count). The third-order valence-corrected chi connectivity index (χ3v) is 5.23. The van der Waals surface area contributed by atoms with Crippen LogP contribution in [0.3, 0.4) is 0 Å². The molecule has 0 radical (unpaired) electrons. The molecule has 1 N–H and O–H groups in total. The molecule has 1 aromatic carbocycles. The highest BCUT2D eigenvalue weighted by atomic mass is 32.2. The van der Waals surface area contributed by atoms with Gasteiger partial charge in [-0.3, -0.25) is 9.59 Å². The molecule has 2 amide bonds. The highest BCUT2D eigenvalue weighted by Crippen LogP contribution is 2.40. The number of rotatable bonds is 8. The molecule has 2 aromatic rings. The van der Waals surface area contributed by atoms with E-state index in [9.17, 15) is 9.59 Å². The lowest BCUT2D eigenvalue weighted by Gasteiger charge is -2.16. The fourth-order valence-electron chi connectivity index (χ4n) is 2.58.